The van der Waals surface area contributed by atoms with Gasteiger partial charge in [0.05, 0.1) is 35.3 Å². The third-order valence-corrected chi connectivity index (χ3v) is 8.80. The third kappa shape index (κ3) is 4.68. The van der Waals surface area contributed by atoms with Crippen molar-refractivity contribution in [2.45, 2.75) is 18.8 Å². The fourth-order valence-corrected chi connectivity index (χ4v) is 7.02. The molecule has 4 aromatic rings. The lowest BCUT2D eigenvalue weighted by Gasteiger charge is -2.45. The Kier molecular flexibility index (Phi) is 7.00. The van der Waals surface area contributed by atoms with Crippen molar-refractivity contribution in [3.05, 3.63) is 130 Å². The van der Waals surface area contributed by atoms with Crippen LogP contribution in [0.25, 0.3) is 0 Å². The summed E-state index contributed by atoms with van der Waals surface area (Å²) in [6, 6.07) is 28.3. The number of ether oxygens (including phenoxy) is 2. The molecule has 1 N–H and O–H groups in total. The first kappa shape index (κ1) is 28.2. The predicted molar refractivity (Wildman–Crippen MR) is 164 cm³/mol. The Morgan fingerprint density at radius 3 is 1.73 bits per heavy atom. The van der Waals surface area contributed by atoms with Gasteiger partial charge in [-0.2, -0.15) is 0 Å². The number of hydrogen-bond donors (Lipinski definition) is 1. The summed E-state index contributed by atoms with van der Waals surface area (Å²) in [5, 5.41) is 2.61. The Morgan fingerprint density at radius 1 is 0.667 bits per heavy atom. The molecule has 3 aliphatic carbocycles. The molecule has 4 aliphatic rings. The molecule has 0 saturated carbocycles. The summed E-state index contributed by atoms with van der Waals surface area (Å²) in [6.07, 6.45) is 0. The molecule has 1 heterocycles. The molecule has 1 aliphatic heterocycles. The molecule has 4 aromatic carbocycles. The highest BCUT2D eigenvalue weighted by Gasteiger charge is 2.61. The van der Waals surface area contributed by atoms with Crippen LogP contribution in [-0.4, -0.2) is 42.9 Å². The van der Waals surface area contributed by atoms with Gasteiger partial charge < -0.3 is 14.8 Å². The number of nitrogens with one attached hydrogen (secondary N) is 1. The number of benzene rings is 4. The molecule has 45 heavy (non-hydrogen) atoms. The highest BCUT2D eigenvalue weighted by atomic mass is 16.5. The molecule has 2 bridgehead atoms. The van der Waals surface area contributed by atoms with Crippen molar-refractivity contribution in [3.63, 3.8) is 0 Å². The van der Waals surface area contributed by atoms with E-state index in [1.807, 2.05) is 48.5 Å². The summed E-state index contributed by atoms with van der Waals surface area (Å²) in [4.78, 5) is 66.5. The molecule has 0 aromatic heterocycles. The molecule has 9 heteroatoms. The van der Waals surface area contributed by atoms with E-state index in [1.165, 1.54) is 29.2 Å². The summed E-state index contributed by atoms with van der Waals surface area (Å²) >= 11 is 0. The van der Waals surface area contributed by atoms with Crippen molar-refractivity contribution in [2.24, 2.45) is 11.8 Å². The summed E-state index contributed by atoms with van der Waals surface area (Å²) < 4.78 is 10.2. The molecule has 2 atom stereocenters. The number of anilines is 2. The van der Waals surface area contributed by atoms with Gasteiger partial charge in [0.25, 0.3) is 5.91 Å². The monoisotopic (exact) mass is 600 g/mol. The average molecular weight is 601 g/mol. The zero-order valence-electron chi connectivity index (χ0n) is 24.3. The van der Waals surface area contributed by atoms with Gasteiger partial charge >= 0.3 is 11.9 Å². The van der Waals surface area contributed by atoms with Gasteiger partial charge in [-0.3, -0.25) is 14.4 Å². The van der Waals surface area contributed by atoms with E-state index in [4.69, 9.17) is 9.47 Å². The molecule has 8 rings (SSSR count). The van der Waals surface area contributed by atoms with Gasteiger partial charge in [-0.1, -0.05) is 54.6 Å². The minimum atomic E-state index is -0.777. The van der Waals surface area contributed by atoms with Crippen LogP contribution >= 0.6 is 0 Å². The molecule has 0 spiro atoms. The summed E-state index contributed by atoms with van der Waals surface area (Å²) in [5.41, 5.74) is 5.46. The van der Waals surface area contributed by atoms with Gasteiger partial charge in [0, 0.05) is 17.5 Å². The zero-order valence-corrected chi connectivity index (χ0v) is 24.3. The maximum Gasteiger partial charge on any atom is 0.338 e. The number of rotatable bonds is 7. The van der Waals surface area contributed by atoms with Gasteiger partial charge in [0.1, 0.15) is 0 Å². The quantitative estimate of drug-likeness (QED) is 0.233. The Bertz CT molecular complexity index is 1770. The molecule has 9 nitrogen and oxygen atoms in total. The van der Waals surface area contributed by atoms with E-state index >= 15 is 0 Å². The minimum Gasteiger partial charge on any atom is -0.462 e. The molecular weight excluding hydrogens is 572 g/mol. The largest absolute Gasteiger partial charge is 0.462 e. The second-order valence-corrected chi connectivity index (χ2v) is 11.2. The summed E-state index contributed by atoms with van der Waals surface area (Å²) in [6.45, 7) is 1.40. The highest BCUT2D eigenvalue weighted by molar-refractivity contribution is 6.23. The van der Waals surface area contributed by atoms with Gasteiger partial charge in [0.15, 0.2) is 6.61 Å². The van der Waals surface area contributed by atoms with Gasteiger partial charge in [0.2, 0.25) is 11.8 Å². The van der Waals surface area contributed by atoms with Crippen LogP contribution in [0.4, 0.5) is 11.4 Å². The number of esters is 2. The van der Waals surface area contributed by atoms with Crippen LogP contribution in [0.15, 0.2) is 97.1 Å². The van der Waals surface area contributed by atoms with Crippen molar-refractivity contribution < 1.29 is 33.4 Å². The second-order valence-electron chi connectivity index (χ2n) is 11.2. The first-order valence-corrected chi connectivity index (χ1v) is 14.8. The molecule has 224 valence electrons. The fraction of sp³-hybridized carbons (Fsp3) is 0.194. The minimum absolute atomic E-state index is 0.101. The lowest BCUT2D eigenvalue weighted by atomic mass is 9.55. The maximum atomic E-state index is 14.0. The van der Waals surface area contributed by atoms with Crippen molar-refractivity contribution >= 4 is 41.0 Å². The Morgan fingerprint density at radius 2 is 1.20 bits per heavy atom. The standard InChI is InChI=1S/C36H28N2O7/c1-2-44-35(42)20-14-16-22(17-15-20)37-28(39)19-45-36(43)21-8-7-9-23(18-21)38-33(40)31-29-24-10-3-4-11-25(24)30(32(31)34(38)41)27-13-6-5-12-26(27)29/h3-18,29-32H,2,19H2,1H3,(H,37,39)/t29?,30?,31-,32+. The predicted octanol–water partition coefficient (Wildman–Crippen LogP) is 5.06. The maximum absolute atomic E-state index is 14.0. The van der Waals surface area contributed by atoms with Gasteiger partial charge in [-0.25, -0.2) is 14.5 Å². The molecule has 1 saturated heterocycles. The van der Waals surface area contributed by atoms with Crippen LogP contribution in [0.1, 0.15) is 61.7 Å². The highest BCUT2D eigenvalue weighted by Crippen LogP contribution is 2.61. The smallest absolute Gasteiger partial charge is 0.338 e. The molecule has 1 fully saturated rings. The first-order valence-electron chi connectivity index (χ1n) is 14.8. The van der Waals surface area contributed by atoms with E-state index in [0.29, 0.717) is 11.3 Å². The number of imide groups is 1. The van der Waals surface area contributed by atoms with Crippen LogP contribution in [-0.2, 0) is 23.9 Å². The molecule has 3 amide bonds. The van der Waals surface area contributed by atoms with E-state index in [9.17, 15) is 24.0 Å². The van der Waals surface area contributed by atoms with Crippen LogP contribution in [0.5, 0.6) is 0 Å². The molecule has 0 unspecified atom stereocenters. The van der Waals surface area contributed by atoms with Crippen LogP contribution in [0, 0.1) is 11.8 Å². The Labute approximate surface area is 258 Å². The zero-order chi connectivity index (χ0) is 31.2. The Balaban J connectivity index is 1.07. The third-order valence-electron chi connectivity index (χ3n) is 8.80. The lowest BCUT2D eigenvalue weighted by molar-refractivity contribution is -0.122. The fourth-order valence-electron chi connectivity index (χ4n) is 7.02. The number of nitrogens with zero attached hydrogens (tertiary/aromatic N) is 1. The first-order chi connectivity index (χ1) is 21.9. The van der Waals surface area contributed by atoms with Crippen molar-refractivity contribution in [3.8, 4) is 0 Å². The summed E-state index contributed by atoms with van der Waals surface area (Å²) in [5.74, 6) is -3.95. The van der Waals surface area contributed by atoms with E-state index in [-0.39, 0.29) is 41.5 Å². The van der Waals surface area contributed by atoms with Crippen LogP contribution in [0.3, 0.4) is 0 Å². The number of carbonyl (C=O) groups is 5. The second kappa shape index (κ2) is 11.2. The Hall–Kier alpha value is -5.57. The average Bonchev–Trinajstić information content (AvgIpc) is 3.34. The summed E-state index contributed by atoms with van der Waals surface area (Å²) in [7, 11) is 0. The van der Waals surface area contributed by atoms with Crippen molar-refractivity contribution in [1.29, 1.82) is 0 Å². The van der Waals surface area contributed by atoms with Gasteiger partial charge in [-0.05, 0) is 71.6 Å². The lowest BCUT2D eigenvalue weighted by Crippen LogP contribution is -2.41. The number of carbonyl (C=O) groups excluding carboxylic acids is 5. The topological polar surface area (TPSA) is 119 Å². The van der Waals surface area contributed by atoms with Crippen molar-refractivity contribution in [1.82, 2.24) is 0 Å². The molecular formula is C36H28N2O7. The number of amides is 3. The normalized spacial score (nSPS) is 20.6. The van der Waals surface area contributed by atoms with E-state index in [2.05, 4.69) is 5.32 Å². The van der Waals surface area contributed by atoms with E-state index in [0.717, 1.165) is 22.3 Å². The number of hydrogen-bond acceptors (Lipinski definition) is 7. The van der Waals surface area contributed by atoms with Crippen LogP contribution < -0.4 is 10.2 Å². The molecule has 0 radical (unpaired) electrons. The van der Waals surface area contributed by atoms with E-state index < -0.39 is 36.3 Å². The SMILES string of the molecule is CCOC(=O)c1ccc(NC(=O)COC(=O)c2cccc(N3C(=O)[C@@H]4C5c6ccccc6C(c6ccccc65)[C@@H]4C3=O)c2)cc1. The van der Waals surface area contributed by atoms with Gasteiger partial charge in [-0.15, -0.1) is 0 Å². The van der Waals surface area contributed by atoms with Crippen LogP contribution in [0.2, 0.25) is 0 Å². The van der Waals surface area contributed by atoms with E-state index in [1.54, 1.807) is 31.2 Å². The van der Waals surface area contributed by atoms with Crippen molar-refractivity contribution in [2.75, 3.05) is 23.4 Å².